The highest BCUT2D eigenvalue weighted by Crippen LogP contribution is 2.20. The van der Waals surface area contributed by atoms with Crippen molar-refractivity contribution in [2.45, 2.75) is 6.92 Å². The van der Waals surface area contributed by atoms with Gasteiger partial charge in [-0.3, -0.25) is 4.79 Å². The molecule has 5 nitrogen and oxygen atoms in total. The van der Waals surface area contributed by atoms with E-state index in [1.807, 2.05) is 31.2 Å². The van der Waals surface area contributed by atoms with Gasteiger partial charge < -0.3 is 10.6 Å². The molecular weight excluding hydrogens is 343 g/mol. The number of hydrogen-bond donors (Lipinski definition) is 2. The van der Waals surface area contributed by atoms with Crippen LogP contribution in [0.4, 0.5) is 21.7 Å². The van der Waals surface area contributed by atoms with Crippen molar-refractivity contribution in [2.75, 3.05) is 10.6 Å². The van der Waals surface area contributed by atoms with Crippen molar-refractivity contribution in [2.24, 2.45) is 0 Å². The maximum absolute atomic E-state index is 13.2. The average molecular weight is 357 g/mol. The highest BCUT2D eigenvalue weighted by atomic mass is 35.5. The number of halogens is 2. The summed E-state index contributed by atoms with van der Waals surface area (Å²) in [6.45, 7) is 1.98. The number of anilines is 3. The summed E-state index contributed by atoms with van der Waals surface area (Å²) < 4.78 is 13.2. The second kappa shape index (κ2) is 7.27. The topological polar surface area (TPSA) is 66.9 Å². The van der Waals surface area contributed by atoms with Gasteiger partial charge in [0.2, 0.25) is 5.95 Å². The quantitative estimate of drug-likeness (QED) is 0.718. The third kappa shape index (κ3) is 4.30. The van der Waals surface area contributed by atoms with Crippen LogP contribution in [0.15, 0.2) is 54.7 Å². The number of hydrogen-bond acceptors (Lipinski definition) is 4. The number of aryl methyl sites for hydroxylation is 1. The van der Waals surface area contributed by atoms with Crippen molar-refractivity contribution in [1.29, 1.82) is 0 Å². The van der Waals surface area contributed by atoms with Crippen LogP contribution < -0.4 is 10.6 Å². The maximum Gasteiger partial charge on any atom is 0.274 e. The molecule has 1 amide bonds. The van der Waals surface area contributed by atoms with Gasteiger partial charge in [0.1, 0.15) is 11.5 Å². The molecular formula is C18H14ClFN4O. The summed E-state index contributed by atoms with van der Waals surface area (Å²) in [5.74, 6) is -0.695. The minimum absolute atomic E-state index is 0.0673. The fraction of sp³-hybridized carbons (Fsp3) is 0.0556. The van der Waals surface area contributed by atoms with Crippen LogP contribution in [0, 0.1) is 12.7 Å². The lowest BCUT2D eigenvalue weighted by atomic mass is 10.2. The van der Waals surface area contributed by atoms with Crippen molar-refractivity contribution in [3.8, 4) is 0 Å². The second-order valence-corrected chi connectivity index (χ2v) is 5.75. The number of benzene rings is 2. The Labute approximate surface area is 148 Å². The first-order chi connectivity index (χ1) is 12.0. The number of nitrogens with one attached hydrogen (secondary N) is 2. The lowest BCUT2D eigenvalue weighted by Gasteiger charge is -2.08. The summed E-state index contributed by atoms with van der Waals surface area (Å²) in [5, 5.41) is 5.60. The lowest BCUT2D eigenvalue weighted by molar-refractivity contribution is 0.102. The van der Waals surface area contributed by atoms with Crippen LogP contribution in [-0.2, 0) is 0 Å². The van der Waals surface area contributed by atoms with E-state index in [4.69, 9.17) is 11.6 Å². The van der Waals surface area contributed by atoms with Gasteiger partial charge in [0.25, 0.3) is 5.91 Å². The molecule has 1 aromatic heterocycles. The molecule has 0 fully saturated rings. The minimum Gasteiger partial charge on any atom is -0.324 e. The Kier molecular flexibility index (Phi) is 4.90. The molecule has 0 aliphatic heterocycles. The molecule has 25 heavy (non-hydrogen) atoms. The van der Waals surface area contributed by atoms with Gasteiger partial charge in [0, 0.05) is 17.6 Å². The standard InChI is InChI=1S/C18H14ClFN4O/c1-11-3-2-4-12(9-11)23-18-21-8-7-16(24-18)17(25)22-13-5-6-15(20)14(19)10-13/h2-10H,1H3,(H,22,25)(H,21,23,24). The van der Waals surface area contributed by atoms with E-state index in [9.17, 15) is 9.18 Å². The maximum atomic E-state index is 13.2. The SMILES string of the molecule is Cc1cccc(Nc2nccc(C(=O)Nc3ccc(F)c(Cl)c3)n2)c1. The summed E-state index contributed by atoms with van der Waals surface area (Å²) >= 11 is 5.71. The minimum atomic E-state index is -0.550. The van der Waals surface area contributed by atoms with Crippen LogP contribution in [0.1, 0.15) is 16.1 Å². The van der Waals surface area contributed by atoms with Crippen molar-refractivity contribution in [3.63, 3.8) is 0 Å². The van der Waals surface area contributed by atoms with Crippen molar-refractivity contribution < 1.29 is 9.18 Å². The molecule has 0 unspecified atom stereocenters. The van der Waals surface area contributed by atoms with Gasteiger partial charge >= 0.3 is 0 Å². The molecule has 2 N–H and O–H groups in total. The molecule has 3 rings (SSSR count). The molecule has 0 radical (unpaired) electrons. The monoisotopic (exact) mass is 356 g/mol. The summed E-state index contributed by atoms with van der Waals surface area (Å²) in [4.78, 5) is 20.6. The molecule has 0 spiro atoms. The van der Waals surface area contributed by atoms with Gasteiger partial charge in [0.05, 0.1) is 5.02 Å². The van der Waals surface area contributed by atoms with Gasteiger partial charge in [-0.2, -0.15) is 0 Å². The predicted octanol–water partition coefficient (Wildman–Crippen LogP) is 4.57. The second-order valence-electron chi connectivity index (χ2n) is 5.34. The zero-order valence-electron chi connectivity index (χ0n) is 13.3. The third-order valence-corrected chi connectivity index (χ3v) is 3.63. The van der Waals surface area contributed by atoms with Crippen molar-refractivity contribution >= 4 is 34.8 Å². The van der Waals surface area contributed by atoms with E-state index in [1.165, 1.54) is 30.5 Å². The summed E-state index contributed by atoms with van der Waals surface area (Å²) in [6, 6.07) is 13.1. The Bertz CT molecular complexity index is 932. The Morgan fingerprint density at radius 2 is 1.96 bits per heavy atom. The van der Waals surface area contributed by atoms with E-state index in [0.29, 0.717) is 11.6 Å². The van der Waals surface area contributed by atoms with E-state index in [2.05, 4.69) is 20.6 Å². The average Bonchev–Trinajstić information content (AvgIpc) is 2.58. The fourth-order valence-electron chi connectivity index (χ4n) is 2.17. The molecule has 0 aliphatic carbocycles. The Morgan fingerprint density at radius 3 is 2.72 bits per heavy atom. The van der Waals surface area contributed by atoms with Crippen LogP contribution in [0.2, 0.25) is 5.02 Å². The number of rotatable bonds is 4. The highest BCUT2D eigenvalue weighted by molar-refractivity contribution is 6.31. The third-order valence-electron chi connectivity index (χ3n) is 3.34. The van der Waals surface area contributed by atoms with Gasteiger partial charge in [0.15, 0.2) is 0 Å². The summed E-state index contributed by atoms with van der Waals surface area (Å²) in [6.07, 6.45) is 1.48. The smallest absolute Gasteiger partial charge is 0.274 e. The number of carbonyl (C=O) groups excluding carboxylic acids is 1. The largest absolute Gasteiger partial charge is 0.324 e. The lowest BCUT2D eigenvalue weighted by Crippen LogP contribution is -2.14. The van der Waals surface area contributed by atoms with E-state index < -0.39 is 11.7 Å². The van der Waals surface area contributed by atoms with Crippen LogP contribution in [0.5, 0.6) is 0 Å². The molecule has 2 aromatic carbocycles. The van der Waals surface area contributed by atoms with Crippen LogP contribution in [-0.4, -0.2) is 15.9 Å². The van der Waals surface area contributed by atoms with Crippen LogP contribution >= 0.6 is 11.6 Å². The molecule has 0 atom stereocenters. The van der Waals surface area contributed by atoms with Crippen molar-refractivity contribution in [1.82, 2.24) is 9.97 Å². The van der Waals surface area contributed by atoms with Gasteiger partial charge in [-0.25, -0.2) is 14.4 Å². The highest BCUT2D eigenvalue weighted by Gasteiger charge is 2.11. The Morgan fingerprint density at radius 1 is 1.12 bits per heavy atom. The molecule has 0 bridgehead atoms. The first-order valence-corrected chi connectivity index (χ1v) is 7.82. The molecule has 0 saturated carbocycles. The van der Waals surface area contributed by atoms with Gasteiger partial charge in [-0.05, 0) is 48.9 Å². The van der Waals surface area contributed by atoms with Crippen molar-refractivity contribution in [3.05, 3.63) is 76.8 Å². The first kappa shape index (κ1) is 16.9. The Hall–Kier alpha value is -2.99. The predicted molar refractivity (Wildman–Crippen MR) is 95.9 cm³/mol. The molecule has 7 heteroatoms. The zero-order valence-corrected chi connectivity index (χ0v) is 14.0. The normalized spacial score (nSPS) is 10.4. The van der Waals surface area contributed by atoms with E-state index in [1.54, 1.807) is 0 Å². The van der Waals surface area contributed by atoms with Gasteiger partial charge in [-0.15, -0.1) is 0 Å². The van der Waals surface area contributed by atoms with E-state index in [-0.39, 0.29) is 10.7 Å². The Balaban J connectivity index is 1.76. The number of aromatic nitrogens is 2. The number of nitrogens with zero attached hydrogens (tertiary/aromatic N) is 2. The molecule has 3 aromatic rings. The van der Waals surface area contributed by atoms with E-state index in [0.717, 1.165) is 11.3 Å². The van der Waals surface area contributed by atoms with Gasteiger partial charge in [-0.1, -0.05) is 23.7 Å². The number of carbonyl (C=O) groups is 1. The molecule has 0 aliphatic rings. The van der Waals surface area contributed by atoms with Crippen LogP contribution in [0.3, 0.4) is 0 Å². The zero-order chi connectivity index (χ0) is 17.8. The molecule has 126 valence electrons. The first-order valence-electron chi connectivity index (χ1n) is 7.44. The summed E-state index contributed by atoms with van der Waals surface area (Å²) in [5.41, 5.74) is 2.46. The van der Waals surface area contributed by atoms with Crippen LogP contribution in [0.25, 0.3) is 0 Å². The van der Waals surface area contributed by atoms with E-state index >= 15 is 0 Å². The fourth-order valence-corrected chi connectivity index (χ4v) is 2.35. The molecule has 0 saturated heterocycles. The summed E-state index contributed by atoms with van der Waals surface area (Å²) in [7, 11) is 0. The number of amides is 1. The molecule has 1 heterocycles.